The molecular formula is C17H21N5O. The van der Waals surface area contributed by atoms with Crippen molar-refractivity contribution in [3.8, 4) is 0 Å². The molecule has 3 aromatic rings. The summed E-state index contributed by atoms with van der Waals surface area (Å²) in [4.78, 5) is 16.5. The summed E-state index contributed by atoms with van der Waals surface area (Å²) in [6.45, 7) is 4.98. The summed E-state index contributed by atoms with van der Waals surface area (Å²) in [6.07, 6.45) is 1.07. The minimum Gasteiger partial charge on any atom is -0.355 e. The van der Waals surface area contributed by atoms with Gasteiger partial charge in [0.1, 0.15) is 0 Å². The van der Waals surface area contributed by atoms with E-state index in [4.69, 9.17) is 10.7 Å². The molecule has 0 saturated carbocycles. The van der Waals surface area contributed by atoms with Gasteiger partial charge in [-0.1, -0.05) is 12.1 Å². The molecule has 0 aliphatic rings. The van der Waals surface area contributed by atoms with Crippen molar-refractivity contribution >= 4 is 22.5 Å². The third kappa shape index (κ3) is 2.90. The first-order valence-corrected chi connectivity index (χ1v) is 7.82. The Kier molecular flexibility index (Phi) is 4.25. The zero-order chi connectivity index (χ0) is 16.4. The number of hydrogen-bond donors (Lipinski definition) is 2. The first kappa shape index (κ1) is 15.4. The van der Waals surface area contributed by atoms with E-state index in [1.807, 2.05) is 42.6 Å². The monoisotopic (exact) mass is 311 g/mol. The molecule has 0 aliphatic carbocycles. The second-order valence-electron chi connectivity index (χ2n) is 5.65. The fourth-order valence-electron chi connectivity index (χ4n) is 2.88. The van der Waals surface area contributed by atoms with E-state index in [2.05, 4.69) is 10.4 Å². The number of carbonyl (C=O) groups is 1. The average Bonchev–Trinajstić information content (AvgIpc) is 2.91. The molecule has 6 nitrogen and oxygen atoms in total. The maximum Gasteiger partial charge on any atom is 0.220 e. The molecule has 0 radical (unpaired) electrons. The molecule has 0 aliphatic heterocycles. The Balaban J connectivity index is 1.95. The molecule has 2 heterocycles. The fraction of sp³-hybridized carbons (Fsp3) is 0.353. The Morgan fingerprint density at radius 2 is 2.09 bits per heavy atom. The van der Waals surface area contributed by atoms with Crippen molar-refractivity contribution in [2.75, 3.05) is 13.1 Å². The largest absolute Gasteiger partial charge is 0.355 e. The summed E-state index contributed by atoms with van der Waals surface area (Å²) in [5, 5.41) is 8.47. The predicted molar refractivity (Wildman–Crippen MR) is 90.4 cm³/mol. The number of nitrogens with zero attached hydrogens (tertiary/aromatic N) is 3. The van der Waals surface area contributed by atoms with Crippen molar-refractivity contribution in [2.45, 2.75) is 26.7 Å². The summed E-state index contributed by atoms with van der Waals surface area (Å²) in [5.41, 5.74) is 10.3. The molecular weight excluding hydrogens is 290 g/mol. The number of hydrogen-bond acceptors (Lipinski definition) is 4. The van der Waals surface area contributed by atoms with Crippen LogP contribution in [-0.4, -0.2) is 33.6 Å². The van der Waals surface area contributed by atoms with Crippen LogP contribution in [-0.2, 0) is 11.2 Å². The number of rotatable bonds is 5. The molecule has 120 valence electrons. The SMILES string of the molecule is Cc1nc2c3ccccc3nn2c(C)c1CCC(=O)NCCN. The van der Waals surface area contributed by atoms with E-state index < -0.39 is 0 Å². The Bertz CT molecular complexity index is 868. The van der Waals surface area contributed by atoms with Gasteiger partial charge in [0, 0.05) is 36.3 Å². The molecule has 3 N–H and O–H groups in total. The van der Waals surface area contributed by atoms with Crippen molar-refractivity contribution in [1.29, 1.82) is 0 Å². The van der Waals surface area contributed by atoms with Crippen LogP contribution in [0.25, 0.3) is 16.6 Å². The van der Waals surface area contributed by atoms with Crippen LogP contribution >= 0.6 is 0 Å². The molecule has 1 amide bonds. The highest BCUT2D eigenvalue weighted by Crippen LogP contribution is 2.22. The van der Waals surface area contributed by atoms with Gasteiger partial charge in [-0.3, -0.25) is 4.79 Å². The molecule has 1 aromatic carbocycles. The maximum atomic E-state index is 11.8. The van der Waals surface area contributed by atoms with Crippen LogP contribution in [0.2, 0.25) is 0 Å². The molecule has 23 heavy (non-hydrogen) atoms. The van der Waals surface area contributed by atoms with Gasteiger partial charge < -0.3 is 11.1 Å². The second kappa shape index (κ2) is 6.34. The lowest BCUT2D eigenvalue weighted by atomic mass is 10.1. The predicted octanol–water partition coefficient (Wildman–Crippen LogP) is 1.51. The zero-order valence-electron chi connectivity index (χ0n) is 13.5. The van der Waals surface area contributed by atoms with Gasteiger partial charge in [0.05, 0.1) is 5.52 Å². The number of fused-ring (bicyclic) bond motifs is 3. The van der Waals surface area contributed by atoms with Gasteiger partial charge in [0.2, 0.25) is 5.91 Å². The normalized spacial score (nSPS) is 11.3. The molecule has 6 heteroatoms. The lowest BCUT2D eigenvalue weighted by Gasteiger charge is -2.11. The van der Waals surface area contributed by atoms with Gasteiger partial charge in [-0.05, 0) is 38.0 Å². The number of nitrogens with one attached hydrogen (secondary N) is 1. The van der Waals surface area contributed by atoms with Gasteiger partial charge >= 0.3 is 0 Å². The van der Waals surface area contributed by atoms with Crippen LogP contribution < -0.4 is 11.1 Å². The summed E-state index contributed by atoms with van der Waals surface area (Å²) in [5.74, 6) is 0.0139. The Labute approximate surface area is 134 Å². The van der Waals surface area contributed by atoms with Crippen molar-refractivity contribution in [3.63, 3.8) is 0 Å². The van der Waals surface area contributed by atoms with E-state index in [9.17, 15) is 4.79 Å². The molecule has 0 bridgehead atoms. The Hall–Kier alpha value is -2.47. The standard InChI is InChI=1S/C17H21N5O/c1-11-13(7-8-16(23)19-10-9-18)12(2)22-17(20-11)14-5-3-4-6-15(14)21-22/h3-6H,7-10,18H2,1-2H3,(H,19,23). The molecule has 0 spiro atoms. The van der Waals surface area contributed by atoms with Crippen LogP contribution in [0.5, 0.6) is 0 Å². The highest BCUT2D eigenvalue weighted by Gasteiger charge is 2.14. The van der Waals surface area contributed by atoms with Crippen LogP contribution in [0.1, 0.15) is 23.4 Å². The van der Waals surface area contributed by atoms with Crippen LogP contribution in [0.15, 0.2) is 24.3 Å². The number of amides is 1. The van der Waals surface area contributed by atoms with E-state index in [0.717, 1.165) is 33.5 Å². The van der Waals surface area contributed by atoms with Gasteiger partial charge in [0.15, 0.2) is 5.65 Å². The van der Waals surface area contributed by atoms with Crippen molar-refractivity contribution in [2.24, 2.45) is 5.73 Å². The lowest BCUT2D eigenvalue weighted by Crippen LogP contribution is -2.29. The number of nitrogens with two attached hydrogens (primary N) is 1. The van der Waals surface area contributed by atoms with E-state index >= 15 is 0 Å². The summed E-state index contributed by atoms with van der Waals surface area (Å²) in [7, 11) is 0. The summed E-state index contributed by atoms with van der Waals surface area (Å²) in [6, 6.07) is 7.98. The molecule has 3 rings (SSSR count). The Morgan fingerprint density at radius 3 is 2.87 bits per heavy atom. The van der Waals surface area contributed by atoms with E-state index in [-0.39, 0.29) is 5.91 Å². The zero-order valence-corrected chi connectivity index (χ0v) is 13.5. The third-order valence-corrected chi connectivity index (χ3v) is 4.09. The molecule has 0 atom stereocenters. The summed E-state index contributed by atoms with van der Waals surface area (Å²) >= 11 is 0. The van der Waals surface area contributed by atoms with Crippen LogP contribution in [0.4, 0.5) is 0 Å². The topological polar surface area (TPSA) is 85.3 Å². The van der Waals surface area contributed by atoms with Gasteiger partial charge in [0.25, 0.3) is 0 Å². The minimum atomic E-state index is 0.0139. The smallest absolute Gasteiger partial charge is 0.220 e. The Morgan fingerprint density at radius 1 is 1.30 bits per heavy atom. The number of aryl methyl sites for hydroxylation is 2. The molecule has 2 aromatic heterocycles. The van der Waals surface area contributed by atoms with Crippen LogP contribution in [0.3, 0.4) is 0 Å². The van der Waals surface area contributed by atoms with Gasteiger partial charge in [-0.15, -0.1) is 0 Å². The first-order valence-electron chi connectivity index (χ1n) is 7.82. The van der Waals surface area contributed by atoms with Crippen molar-refractivity contribution < 1.29 is 4.79 Å². The highest BCUT2D eigenvalue weighted by molar-refractivity contribution is 5.92. The van der Waals surface area contributed by atoms with Gasteiger partial charge in [-0.2, -0.15) is 5.10 Å². The average molecular weight is 311 g/mol. The molecule has 0 saturated heterocycles. The number of aromatic nitrogens is 3. The summed E-state index contributed by atoms with van der Waals surface area (Å²) < 4.78 is 1.88. The highest BCUT2D eigenvalue weighted by atomic mass is 16.1. The van der Waals surface area contributed by atoms with E-state index in [0.29, 0.717) is 25.9 Å². The van der Waals surface area contributed by atoms with Gasteiger partial charge in [-0.25, -0.2) is 9.50 Å². The van der Waals surface area contributed by atoms with E-state index in [1.54, 1.807) is 0 Å². The van der Waals surface area contributed by atoms with Crippen LogP contribution in [0, 0.1) is 13.8 Å². The quantitative estimate of drug-likeness (QED) is 0.748. The lowest BCUT2D eigenvalue weighted by molar-refractivity contribution is -0.120. The fourth-order valence-corrected chi connectivity index (χ4v) is 2.88. The minimum absolute atomic E-state index is 0.0139. The maximum absolute atomic E-state index is 11.8. The molecule has 0 unspecified atom stereocenters. The van der Waals surface area contributed by atoms with Crippen molar-refractivity contribution in [3.05, 3.63) is 41.2 Å². The second-order valence-corrected chi connectivity index (χ2v) is 5.65. The van der Waals surface area contributed by atoms with Crippen molar-refractivity contribution in [1.82, 2.24) is 19.9 Å². The molecule has 0 fully saturated rings. The first-order chi connectivity index (χ1) is 11.1. The van der Waals surface area contributed by atoms with E-state index in [1.165, 1.54) is 0 Å². The third-order valence-electron chi connectivity index (χ3n) is 4.09. The number of benzene rings is 1. The number of carbonyl (C=O) groups excluding carboxylic acids is 1.